The van der Waals surface area contributed by atoms with E-state index < -0.39 is 0 Å². The summed E-state index contributed by atoms with van der Waals surface area (Å²) in [5.74, 6) is 0. The molecule has 0 spiro atoms. The summed E-state index contributed by atoms with van der Waals surface area (Å²) in [6.07, 6.45) is 1.82. The fraction of sp³-hybridized carbons (Fsp3) is 0. The first-order chi connectivity index (χ1) is 3.39. The molecule has 0 aliphatic heterocycles. The number of pyridine rings is 1. The van der Waals surface area contributed by atoms with Gasteiger partial charge in [0.25, 0.3) is 0 Å². The van der Waals surface area contributed by atoms with Crippen molar-refractivity contribution in [1.82, 2.24) is 4.98 Å². The number of nitrogens with zero attached hydrogens (tertiary/aromatic N) is 1. The molecule has 0 aliphatic rings. The maximum absolute atomic E-state index is 4.03. The molecule has 0 saturated heterocycles. The molecule has 0 bridgehead atoms. The molecular formula is C5H4INZn. The predicted octanol–water partition coefficient (Wildman–Crippen LogP) is -2.74. The van der Waals surface area contributed by atoms with Crippen LogP contribution >= 0.6 is 0 Å². The van der Waals surface area contributed by atoms with Crippen molar-refractivity contribution >= 4 is 4.29 Å². The van der Waals surface area contributed by atoms with Crippen LogP contribution in [0.2, 0.25) is 0 Å². The third kappa shape index (κ3) is 2.72. The second-order valence-corrected chi connectivity index (χ2v) is 2.84. The molecule has 0 saturated carbocycles. The molecule has 0 fully saturated rings. The first kappa shape index (κ1) is 8.50. The normalized spacial score (nSPS) is 7.75. The van der Waals surface area contributed by atoms with Crippen LogP contribution in [-0.2, 0) is 18.3 Å². The van der Waals surface area contributed by atoms with Gasteiger partial charge in [0.2, 0.25) is 0 Å². The number of hydrogen-bond donors (Lipinski definition) is 0. The van der Waals surface area contributed by atoms with E-state index in [1.165, 1.54) is 4.29 Å². The molecule has 1 heterocycles. The summed E-state index contributed by atoms with van der Waals surface area (Å²) < 4.78 is 1.20. The third-order valence-electron chi connectivity index (χ3n) is 0.726. The first-order valence-corrected chi connectivity index (χ1v) is 3.61. The number of hydrogen-bond acceptors (Lipinski definition) is 1. The SMILES string of the molecule is [I-].[Zn+][c]1ccccn1. The van der Waals surface area contributed by atoms with E-state index in [0.717, 1.165) is 18.3 Å². The van der Waals surface area contributed by atoms with Crippen molar-refractivity contribution in [3.05, 3.63) is 24.4 Å². The van der Waals surface area contributed by atoms with Gasteiger partial charge in [-0.1, -0.05) is 0 Å². The van der Waals surface area contributed by atoms with Gasteiger partial charge in [0.05, 0.1) is 0 Å². The Labute approximate surface area is 75.6 Å². The van der Waals surface area contributed by atoms with Crippen LogP contribution in [0.3, 0.4) is 0 Å². The Morgan fingerprint density at radius 3 is 2.38 bits per heavy atom. The Kier molecular flexibility index (Phi) is 4.67. The van der Waals surface area contributed by atoms with Crippen LogP contribution in [0.1, 0.15) is 0 Å². The molecule has 8 heavy (non-hydrogen) atoms. The van der Waals surface area contributed by atoms with Crippen LogP contribution in [-0.4, -0.2) is 4.98 Å². The van der Waals surface area contributed by atoms with Gasteiger partial charge in [0.15, 0.2) is 0 Å². The third-order valence-corrected chi connectivity index (χ3v) is 1.60. The summed E-state index contributed by atoms with van der Waals surface area (Å²) >= 11 is 1.15. The Morgan fingerprint density at radius 1 is 1.38 bits per heavy atom. The quantitative estimate of drug-likeness (QED) is 0.368. The molecule has 1 rings (SSSR count). The van der Waals surface area contributed by atoms with Crippen molar-refractivity contribution in [2.24, 2.45) is 0 Å². The standard InChI is InChI=1S/C5H4N.HI.Zn/c1-2-4-6-5-3-1;;/h1-4H;1H;/q;;+1/p-1. The van der Waals surface area contributed by atoms with Crippen LogP contribution in [0, 0.1) is 0 Å². The fourth-order valence-electron chi connectivity index (χ4n) is 0.398. The van der Waals surface area contributed by atoms with Crippen molar-refractivity contribution in [2.45, 2.75) is 0 Å². The maximum atomic E-state index is 4.03. The van der Waals surface area contributed by atoms with Crippen LogP contribution in [0.4, 0.5) is 0 Å². The van der Waals surface area contributed by atoms with E-state index in [4.69, 9.17) is 0 Å². The topological polar surface area (TPSA) is 12.9 Å². The second-order valence-electron chi connectivity index (χ2n) is 1.32. The molecule has 0 aromatic carbocycles. The summed E-state index contributed by atoms with van der Waals surface area (Å²) in [6.45, 7) is 0. The van der Waals surface area contributed by atoms with Crippen molar-refractivity contribution < 1.29 is 42.3 Å². The number of rotatable bonds is 0. The minimum absolute atomic E-state index is 0. The van der Waals surface area contributed by atoms with Gasteiger partial charge < -0.3 is 24.0 Å². The van der Waals surface area contributed by atoms with E-state index >= 15 is 0 Å². The van der Waals surface area contributed by atoms with Gasteiger partial charge in [-0.05, 0) is 0 Å². The van der Waals surface area contributed by atoms with E-state index in [1.54, 1.807) is 0 Å². The van der Waals surface area contributed by atoms with E-state index in [2.05, 4.69) is 4.98 Å². The first-order valence-electron chi connectivity index (χ1n) is 2.12. The molecule has 1 aromatic rings. The molecule has 1 aromatic heterocycles. The molecule has 0 amide bonds. The number of aromatic nitrogens is 1. The predicted molar refractivity (Wildman–Crippen MR) is 23.9 cm³/mol. The van der Waals surface area contributed by atoms with Crippen LogP contribution in [0.25, 0.3) is 0 Å². The second kappa shape index (κ2) is 4.39. The number of halogens is 1. The van der Waals surface area contributed by atoms with Gasteiger partial charge in [0, 0.05) is 0 Å². The van der Waals surface area contributed by atoms with Crippen molar-refractivity contribution in [3.63, 3.8) is 0 Å². The molecule has 0 unspecified atom stereocenters. The van der Waals surface area contributed by atoms with Crippen molar-refractivity contribution in [2.75, 3.05) is 0 Å². The fourth-order valence-corrected chi connectivity index (χ4v) is 0.905. The Morgan fingerprint density at radius 2 is 2.12 bits per heavy atom. The Balaban J connectivity index is 0.000000490. The molecule has 0 radical (unpaired) electrons. The molecule has 38 valence electrons. The van der Waals surface area contributed by atoms with Crippen LogP contribution in [0.5, 0.6) is 0 Å². The summed E-state index contributed by atoms with van der Waals surface area (Å²) in [5, 5.41) is 0. The van der Waals surface area contributed by atoms with E-state index in [1.807, 2.05) is 24.4 Å². The van der Waals surface area contributed by atoms with E-state index in [-0.39, 0.29) is 24.0 Å². The Bertz CT molecular complexity index is 142. The van der Waals surface area contributed by atoms with Gasteiger partial charge in [-0.3, -0.25) is 0 Å². The zero-order chi connectivity index (χ0) is 5.11. The average Bonchev–Trinajstić information content (AvgIpc) is 1.69. The van der Waals surface area contributed by atoms with Gasteiger partial charge >= 0.3 is 52.0 Å². The molecule has 0 atom stereocenters. The zero-order valence-corrected chi connectivity index (χ0v) is 9.47. The van der Waals surface area contributed by atoms with Gasteiger partial charge in [-0.15, -0.1) is 0 Å². The molecule has 0 aliphatic carbocycles. The monoisotopic (exact) mass is 269 g/mol. The van der Waals surface area contributed by atoms with Crippen LogP contribution < -0.4 is 28.3 Å². The van der Waals surface area contributed by atoms with Crippen molar-refractivity contribution in [1.29, 1.82) is 0 Å². The minimum atomic E-state index is 0. The zero-order valence-electron chi connectivity index (χ0n) is 4.34. The van der Waals surface area contributed by atoms with Crippen LogP contribution in [0.15, 0.2) is 24.4 Å². The van der Waals surface area contributed by atoms with Gasteiger partial charge in [0.1, 0.15) is 0 Å². The summed E-state index contributed by atoms with van der Waals surface area (Å²) in [5.41, 5.74) is 0. The summed E-state index contributed by atoms with van der Waals surface area (Å²) in [7, 11) is 0. The summed E-state index contributed by atoms with van der Waals surface area (Å²) in [4.78, 5) is 4.03. The van der Waals surface area contributed by atoms with Gasteiger partial charge in [-0.25, -0.2) is 0 Å². The average molecular weight is 270 g/mol. The molecule has 0 N–H and O–H groups in total. The Hall–Kier alpha value is 0.503. The van der Waals surface area contributed by atoms with Crippen molar-refractivity contribution in [3.8, 4) is 0 Å². The summed E-state index contributed by atoms with van der Waals surface area (Å²) in [6, 6.07) is 5.96. The van der Waals surface area contributed by atoms with Gasteiger partial charge in [-0.2, -0.15) is 0 Å². The molecule has 3 heteroatoms. The van der Waals surface area contributed by atoms with E-state index in [0.29, 0.717) is 0 Å². The molecular weight excluding hydrogens is 266 g/mol. The van der Waals surface area contributed by atoms with E-state index in [9.17, 15) is 0 Å². The molecule has 1 nitrogen and oxygen atoms in total.